The van der Waals surface area contributed by atoms with Gasteiger partial charge in [0.25, 0.3) is 5.91 Å². The van der Waals surface area contributed by atoms with Gasteiger partial charge in [-0.1, -0.05) is 35.3 Å². The van der Waals surface area contributed by atoms with Gasteiger partial charge in [-0.15, -0.1) is 0 Å². The first kappa shape index (κ1) is 17.5. The standard InChI is InChI=1S/C17H10Cl2N2O3/c18-13-5-4-10(15(19)8-13)6-12(9-20)16(22)21-14-3-1-2-11(7-14)17(23)24/h1-8H,(H,21,22)(H,23,24)/b12-6-. The fourth-order valence-electron chi connectivity index (χ4n) is 1.85. The molecule has 2 rings (SSSR count). The molecule has 0 radical (unpaired) electrons. The molecular formula is C17H10Cl2N2O3. The molecule has 24 heavy (non-hydrogen) atoms. The summed E-state index contributed by atoms with van der Waals surface area (Å²) in [4.78, 5) is 23.1. The van der Waals surface area contributed by atoms with Crippen molar-refractivity contribution in [2.24, 2.45) is 0 Å². The number of nitriles is 1. The molecule has 0 saturated carbocycles. The molecule has 0 unspecified atom stereocenters. The fraction of sp³-hybridized carbons (Fsp3) is 0. The summed E-state index contributed by atoms with van der Waals surface area (Å²) < 4.78 is 0. The summed E-state index contributed by atoms with van der Waals surface area (Å²) in [7, 11) is 0. The highest BCUT2D eigenvalue weighted by Gasteiger charge is 2.12. The number of hydrogen-bond donors (Lipinski definition) is 2. The fourth-order valence-corrected chi connectivity index (χ4v) is 2.31. The summed E-state index contributed by atoms with van der Waals surface area (Å²) >= 11 is 11.8. The van der Waals surface area contributed by atoms with Crippen molar-refractivity contribution in [2.75, 3.05) is 5.32 Å². The lowest BCUT2D eigenvalue weighted by Gasteiger charge is -2.06. The molecule has 5 nitrogen and oxygen atoms in total. The number of aromatic carboxylic acids is 1. The maximum Gasteiger partial charge on any atom is 0.335 e. The predicted octanol–water partition coefficient (Wildman–Crippen LogP) is 4.24. The summed E-state index contributed by atoms with van der Waals surface area (Å²) in [5.41, 5.74) is 0.575. The Morgan fingerprint density at radius 1 is 1.17 bits per heavy atom. The SMILES string of the molecule is N#C/C(=C/c1ccc(Cl)cc1Cl)C(=O)Nc1cccc(C(=O)O)c1. The number of hydrogen-bond acceptors (Lipinski definition) is 3. The number of rotatable bonds is 4. The zero-order chi connectivity index (χ0) is 17.7. The molecule has 0 aliphatic carbocycles. The van der Waals surface area contributed by atoms with Gasteiger partial charge in [0.2, 0.25) is 0 Å². The Bertz CT molecular complexity index is 886. The van der Waals surface area contributed by atoms with E-state index in [-0.39, 0.29) is 16.8 Å². The van der Waals surface area contributed by atoms with E-state index in [2.05, 4.69) is 5.32 Å². The minimum atomic E-state index is -1.12. The van der Waals surface area contributed by atoms with Gasteiger partial charge in [-0.3, -0.25) is 4.79 Å². The highest BCUT2D eigenvalue weighted by atomic mass is 35.5. The van der Waals surface area contributed by atoms with Gasteiger partial charge < -0.3 is 10.4 Å². The van der Waals surface area contributed by atoms with Gasteiger partial charge in [-0.05, 0) is 42.0 Å². The van der Waals surface area contributed by atoms with Gasteiger partial charge in [0, 0.05) is 15.7 Å². The van der Waals surface area contributed by atoms with Crippen molar-refractivity contribution in [2.45, 2.75) is 0 Å². The van der Waals surface area contributed by atoms with E-state index in [0.29, 0.717) is 15.6 Å². The largest absolute Gasteiger partial charge is 0.478 e. The van der Waals surface area contributed by atoms with E-state index in [1.54, 1.807) is 18.2 Å². The highest BCUT2D eigenvalue weighted by molar-refractivity contribution is 6.35. The van der Waals surface area contributed by atoms with E-state index >= 15 is 0 Å². The number of carboxylic acids is 1. The van der Waals surface area contributed by atoms with Crippen LogP contribution in [0.1, 0.15) is 15.9 Å². The molecule has 0 aliphatic heterocycles. The van der Waals surface area contributed by atoms with Crippen molar-refractivity contribution in [3.05, 3.63) is 69.2 Å². The maximum absolute atomic E-state index is 12.2. The van der Waals surface area contributed by atoms with Crippen molar-refractivity contribution in [3.8, 4) is 6.07 Å². The number of nitrogens with one attached hydrogen (secondary N) is 1. The quantitative estimate of drug-likeness (QED) is 0.630. The summed E-state index contributed by atoms with van der Waals surface area (Å²) in [6, 6.07) is 12.2. The van der Waals surface area contributed by atoms with Gasteiger partial charge >= 0.3 is 5.97 Å². The molecule has 2 N–H and O–H groups in total. The van der Waals surface area contributed by atoms with E-state index in [1.807, 2.05) is 0 Å². The van der Waals surface area contributed by atoms with Gasteiger partial charge in [0.15, 0.2) is 0 Å². The molecule has 120 valence electrons. The van der Waals surface area contributed by atoms with Crippen LogP contribution in [0.3, 0.4) is 0 Å². The average Bonchev–Trinajstić information content (AvgIpc) is 2.54. The minimum absolute atomic E-state index is 0.0241. The third kappa shape index (κ3) is 4.35. The van der Waals surface area contributed by atoms with Crippen molar-refractivity contribution in [1.82, 2.24) is 0 Å². The molecule has 0 aliphatic rings. The van der Waals surface area contributed by atoms with Gasteiger partial charge in [0.05, 0.1) is 5.56 Å². The molecule has 2 aromatic carbocycles. The average molecular weight is 361 g/mol. The Morgan fingerprint density at radius 3 is 2.54 bits per heavy atom. The molecule has 7 heteroatoms. The van der Waals surface area contributed by atoms with Crippen LogP contribution < -0.4 is 5.32 Å². The Hall–Kier alpha value is -2.81. The Labute approximate surface area is 147 Å². The zero-order valence-electron chi connectivity index (χ0n) is 12.1. The van der Waals surface area contributed by atoms with Crippen LogP contribution >= 0.6 is 23.2 Å². The third-order valence-electron chi connectivity index (χ3n) is 2.99. The molecule has 0 heterocycles. The second-order valence-electron chi connectivity index (χ2n) is 4.68. The van der Waals surface area contributed by atoms with Crippen molar-refractivity contribution in [1.29, 1.82) is 5.26 Å². The van der Waals surface area contributed by atoms with Crippen molar-refractivity contribution < 1.29 is 14.7 Å². The van der Waals surface area contributed by atoms with Crippen LogP contribution in [0, 0.1) is 11.3 Å². The lowest BCUT2D eigenvalue weighted by molar-refractivity contribution is -0.112. The number of benzene rings is 2. The van der Waals surface area contributed by atoms with E-state index in [4.69, 9.17) is 28.3 Å². The van der Waals surface area contributed by atoms with Crippen molar-refractivity contribution >= 4 is 46.8 Å². The number of carbonyl (C=O) groups excluding carboxylic acids is 1. The van der Waals surface area contributed by atoms with Crippen molar-refractivity contribution in [3.63, 3.8) is 0 Å². The van der Waals surface area contributed by atoms with Gasteiger partial charge in [-0.2, -0.15) is 5.26 Å². The molecule has 1 amide bonds. The molecule has 0 spiro atoms. The summed E-state index contributed by atoms with van der Waals surface area (Å²) in [6.07, 6.45) is 1.33. The Kier molecular flexibility index (Phi) is 5.59. The molecule has 0 fully saturated rings. The first-order valence-electron chi connectivity index (χ1n) is 6.62. The van der Waals surface area contributed by atoms with Crippen LogP contribution in [-0.4, -0.2) is 17.0 Å². The molecule has 0 aromatic heterocycles. The number of carboxylic acid groups (broad SMARTS) is 1. The first-order valence-corrected chi connectivity index (χ1v) is 7.38. The van der Waals surface area contributed by atoms with Crippen LogP contribution in [0.15, 0.2) is 48.0 Å². The van der Waals surface area contributed by atoms with E-state index in [9.17, 15) is 14.9 Å². The summed E-state index contributed by atoms with van der Waals surface area (Å²) in [5.74, 6) is -1.79. The van der Waals surface area contributed by atoms with Gasteiger partial charge in [-0.25, -0.2) is 4.79 Å². The number of anilines is 1. The van der Waals surface area contributed by atoms with Crippen LogP contribution in [0.5, 0.6) is 0 Å². The second-order valence-corrected chi connectivity index (χ2v) is 5.52. The second kappa shape index (κ2) is 7.64. The highest BCUT2D eigenvalue weighted by Crippen LogP contribution is 2.23. The molecule has 0 saturated heterocycles. The topological polar surface area (TPSA) is 90.2 Å². The summed E-state index contributed by atoms with van der Waals surface area (Å²) in [5, 5.41) is 21.3. The van der Waals surface area contributed by atoms with E-state index in [0.717, 1.165) is 0 Å². The molecule has 2 aromatic rings. The zero-order valence-corrected chi connectivity index (χ0v) is 13.6. The predicted molar refractivity (Wildman–Crippen MR) is 92.1 cm³/mol. The molecular weight excluding hydrogens is 351 g/mol. The molecule has 0 atom stereocenters. The lowest BCUT2D eigenvalue weighted by Crippen LogP contribution is -2.14. The summed E-state index contributed by atoms with van der Waals surface area (Å²) in [6.45, 7) is 0. The number of carbonyl (C=O) groups is 2. The molecule has 0 bridgehead atoms. The monoisotopic (exact) mass is 360 g/mol. The van der Waals surface area contributed by atoms with E-state index in [1.165, 1.54) is 36.4 Å². The first-order chi connectivity index (χ1) is 11.4. The Morgan fingerprint density at radius 2 is 1.92 bits per heavy atom. The number of nitrogens with zero attached hydrogens (tertiary/aromatic N) is 1. The van der Waals surface area contributed by atoms with Crippen LogP contribution in [-0.2, 0) is 4.79 Å². The smallest absolute Gasteiger partial charge is 0.335 e. The van der Waals surface area contributed by atoms with Crippen LogP contribution in [0.2, 0.25) is 10.0 Å². The van der Waals surface area contributed by atoms with Crippen LogP contribution in [0.4, 0.5) is 5.69 Å². The Balaban J connectivity index is 2.26. The third-order valence-corrected chi connectivity index (χ3v) is 3.56. The number of halogens is 2. The van der Waals surface area contributed by atoms with Crippen LogP contribution in [0.25, 0.3) is 6.08 Å². The lowest BCUT2D eigenvalue weighted by atomic mass is 10.1. The number of amides is 1. The van der Waals surface area contributed by atoms with E-state index < -0.39 is 11.9 Å². The normalized spacial score (nSPS) is 10.8. The van der Waals surface area contributed by atoms with Gasteiger partial charge in [0.1, 0.15) is 11.6 Å². The minimum Gasteiger partial charge on any atom is -0.478 e. The maximum atomic E-state index is 12.2.